The molecule has 1 aromatic carbocycles. The van der Waals surface area contributed by atoms with Crippen LogP contribution in [0, 0.1) is 11.3 Å². The van der Waals surface area contributed by atoms with Gasteiger partial charge in [-0.1, -0.05) is 0 Å². The maximum atomic E-state index is 10.9. The van der Waals surface area contributed by atoms with Crippen molar-refractivity contribution in [1.29, 1.82) is 5.26 Å². The van der Waals surface area contributed by atoms with Crippen molar-refractivity contribution in [2.45, 2.75) is 0 Å². The zero-order chi connectivity index (χ0) is 10.8. The third-order valence-corrected chi connectivity index (χ3v) is 3.17. The highest BCUT2D eigenvalue weighted by Crippen LogP contribution is 2.18. The second-order valence-corrected chi connectivity index (χ2v) is 5.11. The van der Waals surface area contributed by atoms with Crippen LogP contribution < -0.4 is 4.31 Å². The van der Waals surface area contributed by atoms with E-state index in [-0.39, 0.29) is 0 Å². The Morgan fingerprint density at radius 1 is 1.36 bits per heavy atom. The molecule has 0 N–H and O–H groups in total. The molecule has 0 aliphatic carbocycles. The molecule has 6 heteroatoms. The molecule has 0 amide bonds. The van der Waals surface area contributed by atoms with E-state index in [1.54, 1.807) is 0 Å². The number of nitriles is 1. The van der Waals surface area contributed by atoms with E-state index in [2.05, 4.69) is 0 Å². The average Bonchev–Trinajstić information content (AvgIpc) is 2.15. The molecule has 0 aromatic heterocycles. The van der Waals surface area contributed by atoms with Crippen LogP contribution in [0.15, 0.2) is 24.3 Å². The van der Waals surface area contributed by atoms with E-state index in [4.69, 9.17) is 15.9 Å². The van der Waals surface area contributed by atoms with Crippen LogP contribution in [0.25, 0.3) is 0 Å². The van der Waals surface area contributed by atoms with E-state index in [1.807, 2.05) is 6.07 Å². The number of hydrogen-bond acceptors (Lipinski definition) is 3. The molecule has 0 saturated heterocycles. The van der Waals surface area contributed by atoms with Gasteiger partial charge in [0.1, 0.15) is 0 Å². The minimum atomic E-state index is -3.75. The van der Waals surface area contributed by atoms with Gasteiger partial charge in [0.2, 0.25) is 0 Å². The van der Waals surface area contributed by atoms with Crippen molar-refractivity contribution >= 4 is 25.6 Å². The Labute approximate surface area is 86.9 Å². The second-order valence-electron chi connectivity index (χ2n) is 2.57. The van der Waals surface area contributed by atoms with E-state index in [1.165, 1.54) is 31.3 Å². The average molecular weight is 231 g/mol. The summed E-state index contributed by atoms with van der Waals surface area (Å²) >= 11 is 0. The molecule has 74 valence electrons. The molecule has 0 saturated carbocycles. The Balaban J connectivity index is 3.06. The first-order valence-corrected chi connectivity index (χ1v) is 5.90. The van der Waals surface area contributed by atoms with Gasteiger partial charge in [-0.3, -0.25) is 4.31 Å². The molecule has 0 spiro atoms. The van der Waals surface area contributed by atoms with Crippen LogP contribution in [0.4, 0.5) is 5.69 Å². The normalized spacial score (nSPS) is 10.6. The minimum absolute atomic E-state index is 0.416. The lowest BCUT2D eigenvalue weighted by molar-refractivity contribution is 0.608. The standard InChI is InChI=1S/C8H7ClN2O2S/c1-11(14(9,12)13)8-4-2-7(6-10)3-5-8/h2-5H,1H3. The molecule has 0 aliphatic heterocycles. The van der Waals surface area contributed by atoms with Crippen molar-refractivity contribution < 1.29 is 8.42 Å². The fourth-order valence-electron chi connectivity index (χ4n) is 0.872. The Hall–Kier alpha value is -1.25. The van der Waals surface area contributed by atoms with Crippen LogP contribution >= 0.6 is 10.7 Å². The molecule has 0 aliphatic rings. The molecule has 0 unspecified atom stereocenters. The fraction of sp³-hybridized carbons (Fsp3) is 0.125. The number of rotatable bonds is 2. The van der Waals surface area contributed by atoms with E-state index >= 15 is 0 Å². The number of halogens is 1. The van der Waals surface area contributed by atoms with Crippen LogP contribution in [0.1, 0.15) is 5.56 Å². The van der Waals surface area contributed by atoms with Crippen molar-refractivity contribution in [3.8, 4) is 6.07 Å². The third-order valence-electron chi connectivity index (χ3n) is 1.69. The minimum Gasteiger partial charge on any atom is -0.261 e. The van der Waals surface area contributed by atoms with Crippen LogP contribution in [0.5, 0.6) is 0 Å². The summed E-state index contributed by atoms with van der Waals surface area (Å²) < 4.78 is 22.8. The highest BCUT2D eigenvalue weighted by Gasteiger charge is 2.13. The first-order chi connectivity index (χ1) is 6.45. The molecule has 0 bridgehead atoms. The Kier molecular flexibility index (Phi) is 2.99. The largest absolute Gasteiger partial charge is 0.321 e. The summed E-state index contributed by atoms with van der Waals surface area (Å²) in [6, 6.07) is 8.00. The van der Waals surface area contributed by atoms with Gasteiger partial charge in [-0.25, -0.2) is 0 Å². The lowest BCUT2D eigenvalue weighted by atomic mass is 10.2. The van der Waals surface area contributed by atoms with Gasteiger partial charge in [-0.15, -0.1) is 0 Å². The maximum absolute atomic E-state index is 10.9. The lowest BCUT2D eigenvalue weighted by Crippen LogP contribution is -2.20. The number of anilines is 1. The fourth-order valence-corrected chi connectivity index (χ4v) is 1.48. The van der Waals surface area contributed by atoms with Gasteiger partial charge in [-0.05, 0) is 24.3 Å². The van der Waals surface area contributed by atoms with Gasteiger partial charge in [0.05, 0.1) is 17.3 Å². The SMILES string of the molecule is CN(c1ccc(C#N)cc1)S(=O)(=O)Cl. The van der Waals surface area contributed by atoms with Gasteiger partial charge in [-0.2, -0.15) is 13.7 Å². The van der Waals surface area contributed by atoms with Crippen molar-refractivity contribution in [2.75, 3.05) is 11.4 Å². The van der Waals surface area contributed by atoms with Crippen molar-refractivity contribution in [3.63, 3.8) is 0 Å². The topological polar surface area (TPSA) is 61.2 Å². The van der Waals surface area contributed by atoms with E-state index in [9.17, 15) is 8.42 Å². The highest BCUT2D eigenvalue weighted by atomic mass is 35.7. The molecular formula is C8H7ClN2O2S. The smallest absolute Gasteiger partial charge is 0.261 e. The monoisotopic (exact) mass is 230 g/mol. The van der Waals surface area contributed by atoms with Crippen molar-refractivity contribution in [2.24, 2.45) is 0 Å². The van der Waals surface area contributed by atoms with Gasteiger partial charge >= 0.3 is 9.24 Å². The highest BCUT2D eigenvalue weighted by molar-refractivity contribution is 8.14. The van der Waals surface area contributed by atoms with Gasteiger partial charge in [0.15, 0.2) is 0 Å². The first kappa shape index (κ1) is 10.8. The zero-order valence-electron chi connectivity index (χ0n) is 7.31. The molecule has 0 heterocycles. The number of benzene rings is 1. The zero-order valence-corrected chi connectivity index (χ0v) is 8.88. The third kappa shape index (κ3) is 2.37. The van der Waals surface area contributed by atoms with Gasteiger partial charge in [0.25, 0.3) is 0 Å². The Bertz CT molecular complexity index is 461. The summed E-state index contributed by atoms with van der Waals surface area (Å²) in [6.07, 6.45) is 0. The summed E-state index contributed by atoms with van der Waals surface area (Å²) in [4.78, 5) is 0. The predicted molar refractivity (Wildman–Crippen MR) is 54.3 cm³/mol. The van der Waals surface area contributed by atoms with E-state index < -0.39 is 9.24 Å². The summed E-state index contributed by atoms with van der Waals surface area (Å²) in [5, 5.41) is 8.52. The van der Waals surface area contributed by atoms with Crippen LogP contribution in [-0.2, 0) is 9.24 Å². The molecule has 14 heavy (non-hydrogen) atoms. The Morgan fingerprint density at radius 2 is 1.86 bits per heavy atom. The van der Waals surface area contributed by atoms with Gasteiger partial charge in [0, 0.05) is 17.7 Å². The molecule has 0 fully saturated rings. The molecule has 1 rings (SSSR count). The van der Waals surface area contributed by atoms with E-state index in [0.29, 0.717) is 11.3 Å². The first-order valence-electron chi connectivity index (χ1n) is 3.64. The van der Waals surface area contributed by atoms with E-state index in [0.717, 1.165) is 4.31 Å². The summed E-state index contributed by atoms with van der Waals surface area (Å²) in [7, 11) is 2.71. The quantitative estimate of drug-likeness (QED) is 0.723. The summed E-state index contributed by atoms with van der Waals surface area (Å²) in [5.74, 6) is 0. The summed E-state index contributed by atoms with van der Waals surface area (Å²) in [5.41, 5.74) is 0.883. The van der Waals surface area contributed by atoms with Crippen LogP contribution in [0.2, 0.25) is 0 Å². The number of nitrogens with zero attached hydrogens (tertiary/aromatic N) is 2. The van der Waals surface area contributed by atoms with Crippen LogP contribution in [-0.4, -0.2) is 15.5 Å². The van der Waals surface area contributed by atoms with Crippen LogP contribution in [0.3, 0.4) is 0 Å². The lowest BCUT2D eigenvalue weighted by Gasteiger charge is -2.14. The maximum Gasteiger partial charge on any atom is 0.321 e. The van der Waals surface area contributed by atoms with Gasteiger partial charge < -0.3 is 0 Å². The molecule has 4 nitrogen and oxygen atoms in total. The number of hydrogen-bond donors (Lipinski definition) is 0. The molecule has 0 radical (unpaired) electrons. The Morgan fingerprint density at radius 3 is 2.21 bits per heavy atom. The second kappa shape index (κ2) is 3.86. The van der Waals surface area contributed by atoms with Crippen molar-refractivity contribution in [1.82, 2.24) is 0 Å². The summed E-state index contributed by atoms with van der Waals surface area (Å²) in [6.45, 7) is 0. The molecule has 1 aromatic rings. The molecule has 0 atom stereocenters. The predicted octanol–water partition coefficient (Wildman–Crippen LogP) is 1.48. The van der Waals surface area contributed by atoms with Crippen molar-refractivity contribution in [3.05, 3.63) is 29.8 Å². The molecular weight excluding hydrogens is 224 g/mol.